The van der Waals surface area contributed by atoms with Crippen LogP contribution in [-0.4, -0.2) is 46.6 Å². The maximum absolute atomic E-state index is 12.8. The first-order chi connectivity index (χ1) is 11.7. The molecule has 1 atom stereocenters. The summed E-state index contributed by atoms with van der Waals surface area (Å²) in [6.45, 7) is 8.78. The zero-order chi connectivity index (χ0) is 19.9. The highest BCUT2D eigenvalue weighted by Gasteiger charge is 2.44. The molecule has 0 saturated carbocycles. The lowest BCUT2D eigenvalue weighted by atomic mass is 9.92. The lowest BCUT2D eigenvalue weighted by Crippen LogP contribution is -2.48. The molecule has 1 aliphatic heterocycles. The Bertz CT molecular complexity index is 818. The number of nitrogens with one attached hydrogen (secondary N) is 2. The number of sulfone groups is 1. The molecule has 26 heavy (non-hydrogen) atoms. The number of nitrogens with zero attached hydrogens (tertiary/aromatic N) is 2. The predicted molar refractivity (Wildman–Crippen MR) is 99.6 cm³/mol. The van der Waals surface area contributed by atoms with Crippen molar-refractivity contribution in [2.45, 2.75) is 63.7 Å². The Balaban J connectivity index is 2.17. The van der Waals surface area contributed by atoms with Gasteiger partial charge in [0.15, 0.2) is 9.84 Å². The summed E-state index contributed by atoms with van der Waals surface area (Å²) in [7, 11) is -2.08. The second-order valence-electron chi connectivity index (χ2n) is 8.34. The molecule has 0 unspecified atom stereocenters. The van der Waals surface area contributed by atoms with Gasteiger partial charge in [0.25, 0.3) is 0 Å². The average Bonchev–Trinajstić information content (AvgIpc) is 3.04. The van der Waals surface area contributed by atoms with E-state index in [2.05, 4.69) is 15.7 Å². The van der Waals surface area contributed by atoms with Crippen LogP contribution >= 0.6 is 0 Å². The summed E-state index contributed by atoms with van der Waals surface area (Å²) in [6, 6.07) is 1.31. The van der Waals surface area contributed by atoms with Crippen LogP contribution in [-0.2, 0) is 31.9 Å². The van der Waals surface area contributed by atoms with Gasteiger partial charge in [0, 0.05) is 31.0 Å². The highest BCUT2D eigenvalue weighted by Crippen LogP contribution is 2.26. The Morgan fingerprint density at radius 1 is 1.35 bits per heavy atom. The van der Waals surface area contributed by atoms with Crippen molar-refractivity contribution >= 4 is 27.5 Å². The van der Waals surface area contributed by atoms with E-state index in [1.807, 2.05) is 20.8 Å². The number of aryl methyl sites for hydroxylation is 1. The summed E-state index contributed by atoms with van der Waals surface area (Å²) in [5.41, 5.74) is 0.604. The molecule has 0 spiro atoms. The van der Waals surface area contributed by atoms with Crippen LogP contribution in [0.3, 0.4) is 0 Å². The van der Waals surface area contributed by atoms with Crippen LogP contribution in [0.4, 0.5) is 5.82 Å². The van der Waals surface area contributed by atoms with Gasteiger partial charge in [0.1, 0.15) is 10.6 Å². The number of carbonyl (C=O) groups is 2. The van der Waals surface area contributed by atoms with Gasteiger partial charge in [0.05, 0.1) is 11.4 Å². The first kappa shape index (κ1) is 20.4. The largest absolute Gasteiger partial charge is 0.352 e. The predicted octanol–water partition coefficient (Wildman–Crippen LogP) is 1.13. The first-order valence-corrected chi connectivity index (χ1v) is 10.3. The van der Waals surface area contributed by atoms with Gasteiger partial charge in [-0.25, -0.2) is 8.42 Å². The molecule has 1 saturated heterocycles. The second-order valence-corrected chi connectivity index (χ2v) is 10.9. The van der Waals surface area contributed by atoms with Gasteiger partial charge in [-0.15, -0.1) is 0 Å². The SMILES string of the molecule is Cn1nc(C(C)(C)C)cc1NC(=O)C(C)(C)S(=O)(=O)C[C@@H]1CCC(=O)N1. The Hall–Kier alpha value is -1.90. The molecule has 1 aliphatic rings. The number of anilines is 1. The minimum atomic E-state index is -3.78. The third-order valence-corrected chi connectivity index (χ3v) is 7.30. The van der Waals surface area contributed by atoms with Crippen molar-refractivity contribution in [3.63, 3.8) is 0 Å². The fraction of sp³-hybridized carbons (Fsp3) is 0.706. The molecule has 0 radical (unpaired) electrons. The number of hydrogen-bond acceptors (Lipinski definition) is 5. The third kappa shape index (κ3) is 4.08. The Morgan fingerprint density at radius 3 is 2.42 bits per heavy atom. The van der Waals surface area contributed by atoms with Gasteiger partial charge in [0.2, 0.25) is 11.8 Å². The molecular formula is C17H28N4O4S. The molecular weight excluding hydrogens is 356 g/mol. The van der Waals surface area contributed by atoms with Gasteiger partial charge in [-0.2, -0.15) is 5.10 Å². The van der Waals surface area contributed by atoms with E-state index < -0.39 is 26.5 Å². The summed E-state index contributed by atoms with van der Waals surface area (Å²) in [4.78, 5) is 24.0. The molecule has 2 amide bonds. The Kier molecular flexibility index (Phi) is 5.24. The van der Waals surface area contributed by atoms with Crippen LogP contribution < -0.4 is 10.6 Å². The summed E-state index contributed by atoms with van der Waals surface area (Å²) >= 11 is 0. The lowest BCUT2D eigenvalue weighted by molar-refractivity contribution is -0.119. The first-order valence-electron chi connectivity index (χ1n) is 8.61. The lowest BCUT2D eigenvalue weighted by Gasteiger charge is -2.25. The Morgan fingerprint density at radius 2 is 1.96 bits per heavy atom. The zero-order valence-electron chi connectivity index (χ0n) is 16.2. The minimum Gasteiger partial charge on any atom is -0.352 e. The topological polar surface area (TPSA) is 110 Å². The van der Waals surface area contributed by atoms with E-state index in [-0.39, 0.29) is 17.1 Å². The Labute approximate surface area is 154 Å². The molecule has 0 aromatic carbocycles. The summed E-state index contributed by atoms with van der Waals surface area (Å²) in [5.74, 6) is -0.586. The molecule has 2 N–H and O–H groups in total. The van der Waals surface area contributed by atoms with Crippen molar-refractivity contribution in [3.05, 3.63) is 11.8 Å². The van der Waals surface area contributed by atoms with E-state index in [1.54, 1.807) is 13.1 Å². The number of hydrogen-bond donors (Lipinski definition) is 2. The smallest absolute Gasteiger partial charge is 0.246 e. The molecule has 2 rings (SSSR count). The van der Waals surface area contributed by atoms with Gasteiger partial charge >= 0.3 is 0 Å². The molecule has 8 nitrogen and oxygen atoms in total. The number of amides is 2. The van der Waals surface area contributed by atoms with Crippen LogP contribution in [0.2, 0.25) is 0 Å². The van der Waals surface area contributed by atoms with Gasteiger partial charge in [-0.05, 0) is 20.3 Å². The zero-order valence-corrected chi connectivity index (χ0v) is 17.0. The van der Waals surface area contributed by atoms with E-state index in [1.165, 1.54) is 18.5 Å². The highest BCUT2D eigenvalue weighted by atomic mass is 32.2. The molecule has 0 aliphatic carbocycles. The molecule has 146 valence electrons. The van der Waals surface area contributed by atoms with E-state index in [0.29, 0.717) is 18.7 Å². The number of aromatic nitrogens is 2. The van der Waals surface area contributed by atoms with Crippen molar-refractivity contribution < 1.29 is 18.0 Å². The molecule has 1 aromatic heterocycles. The van der Waals surface area contributed by atoms with E-state index in [9.17, 15) is 18.0 Å². The quantitative estimate of drug-likeness (QED) is 0.791. The van der Waals surface area contributed by atoms with Gasteiger partial charge in [-0.1, -0.05) is 20.8 Å². The normalized spacial score (nSPS) is 18.7. The summed E-state index contributed by atoms with van der Waals surface area (Å²) in [6.07, 6.45) is 0.782. The maximum atomic E-state index is 12.8. The van der Waals surface area contributed by atoms with Crippen LogP contribution in [0.1, 0.15) is 53.2 Å². The van der Waals surface area contributed by atoms with Crippen molar-refractivity contribution in [3.8, 4) is 0 Å². The van der Waals surface area contributed by atoms with E-state index in [0.717, 1.165) is 5.69 Å². The van der Waals surface area contributed by atoms with Crippen molar-refractivity contribution in [2.75, 3.05) is 11.1 Å². The molecule has 2 heterocycles. The summed E-state index contributed by atoms with van der Waals surface area (Å²) < 4.78 is 25.4. The monoisotopic (exact) mass is 384 g/mol. The van der Waals surface area contributed by atoms with Crippen LogP contribution in [0.15, 0.2) is 6.07 Å². The third-order valence-electron chi connectivity index (χ3n) is 4.72. The van der Waals surface area contributed by atoms with Crippen molar-refractivity contribution in [2.24, 2.45) is 7.05 Å². The van der Waals surface area contributed by atoms with Crippen molar-refractivity contribution in [1.82, 2.24) is 15.1 Å². The van der Waals surface area contributed by atoms with E-state index >= 15 is 0 Å². The molecule has 1 aromatic rings. The van der Waals surface area contributed by atoms with Gasteiger partial charge in [-0.3, -0.25) is 14.3 Å². The average molecular weight is 385 g/mol. The fourth-order valence-corrected chi connectivity index (χ4v) is 4.16. The van der Waals surface area contributed by atoms with Crippen LogP contribution in [0.25, 0.3) is 0 Å². The van der Waals surface area contributed by atoms with Crippen LogP contribution in [0.5, 0.6) is 0 Å². The van der Waals surface area contributed by atoms with Crippen molar-refractivity contribution in [1.29, 1.82) is 0 Å². The molecule has 1 fully saturated rings. The fourth-order valence-electron chi connectivity index (χ4n) is 2.63. The second kappa shape index (κ2) is 6.68. The number of carbonyl (C=O) groups excluding carboxylic acids is 2. The summed E-state index contributed by atoms with van der Waals surface area (Å²) in [5, 5.41) is 9.69. The maximum Gasteiger partial charge on any atom is 0.246 e. The molecule has 0 bridgehead atoms. The molecule has 9 heteroatoms. The standard InChI is InChI=1S/C17H28N4O4S/c1-16(2,3)12-9-13(21(6)20-12)19-15(23)17(4,5)26(24,25)10-11-7-8-14(22)18-11/h9,11H,7-8,10H2,1-6H3,(H,18,22)(H,19,23)/t11-/m0/s1. The van der Waals surface area contributed by atoms with E-state index in [4.69, 9.17) is 0 Å². The minimum absolute atomic E-state index is 0.156. The van der Waals surface area contributed by atoms with Crippen LogP contribution in [0, 0.1) is 0 Å². The number of rotatable bonds is 5. The highest BCUT2D eigenvalue weighted by molar-refractivity contribution is 7.93. The van der Waals surface area contributed by atoms with Gasteiger partial charge < -0.3 is 10.6 Å².